The van der Waals surface area contributed by atoms with E-state index in [-0.39, 0.29) is 6.10 Å². The summed E-state index contributed by atoms with van der Waals surface area (Å²) < 4.78 is 5.63. The number of aromatic amines is 1. The first kappa shape index (κ1) is 12.3. The Bertz CT molecular complexity index is 494. The molecule has 18 heavy (non-hydrogen) atoms. The number of imidazole rings is 1. The summed E-state index contributed by atoms with van der Waals surface area (Å²) >= 11 is 0. The van der Waals surface area contributed by atoms with Gasteiger partial charge in [0.1, 0.15) is 11.6 Å². The fraction of sp³-hybridized carbons (Fsp3) is 0.308. The third-order valence-electron chi connectivity index (χ3n) is 2.43. The predicted octanol–water partition coefficient (Wildman–Crippen LogP) is 2.39. The lowest BCUT2D eigenvalue weighted by atomic mass is 10.2. The van der Waals surface area contributed by atoms with Gasteiger partial charge in [-0.05, 0) is 26.0 Å². The second kappa shape index (κ2) is 5.44. The molecule has 5 nitrogen and oxygen atoms in total. The molecule has 1 aromatic heterocycles. The molecule has 0 spiro atoms. The summed E-state index contributed by atoms with van der Waals surface area (Å²) in [5.74, 6) is 1.57. The number of ether oxygens (including phenoxy) is 1. The molecule has 2 aromatic rings. The van der Waals surface area contributed by atoms with Crippen LogP contribution in [0.5, 0.6) is 5.75 Å². The van der Waals surface area contributed by atoms with E-state index in [1.54, 1.807) is 12.4 Å². The Morgan fingerprint density at radius 3 is 2.94 bits per heavy atom. The molecule has 0 aliphatic rings. The molecule has 0 bridgehead atoms. The Morgan fingerprint density at radius 1 is 1.44 bits per heavy atom. The van der Waals surface area contributed by atoms with Gasteiger partial charge in [-0.25, -0.2) is 4.98 Å². The van der Waals surface area contributed by atoms with Crippen molar-refractivity contribution in [3.8, 4) is 5.75 Å². The Balaban J connectivity index is 2.08. The number of hydrogen-bond donors (Lipinski definition) is 3. The van der Waals surface area contributed by atoms with Crippen LogP contribution in [0.1, 0.15) is 19.7 Å². The minimum Gasteiger partial charge on any atom is -0.489 e. The number of para-hydroxylation sites is 1. The molecule has 0 fully saturated rings. The molecule has 0 saturated heterocycles. The molecule has 2 rings (SSSR count). The second-order valence-electron chi connectivity index (χ2n) is 4.27. The van der Waals surface area contributed by atoms with Gasteiger partial charge in [0.15, 0.2) is 0 Å². The maximum absolute atomic E-state index is 6.05. The number of benzene rings is 1. The highest BCUT2D eigenvalue weighted by Crippen LogP contribution is 2.30. The van der Waals surface area contributed by atoms with Crippen LogP contribution in [0.4, 0.5) is 11.4 Å². The standard InChI is InChI=1S/C13H18N4O/c1-9(2)18-11-5-3-4-10(13(11)14)17-8-12-15-6-7-16-12/h3-7,9,17H,8,14H2,1-2H3,(H,15,16). The van der Waals surface area contributed by atoms with Crippen LogP contribution in [-0.4, -0.2) is 16.1 Å². The Morgan fingerprint density at radius 2 is 2.28 bits per heavy atom. The topological polar surface area (TPSA) is 76.0 Å². The van der Waals surface area contributed by atoms with Crippen molar-refractivity contribution in [2.45, 2.75) is 26.5 Å². The molecule has 0 unspecified atom stereocenters. The summed E-state index contributed by atoms with van der Waals surface area (Å²) in [6, 6.07) is 5.71. The zero-order chi connectivity index (χ0) is 13.0. The molecule has 4 N–H and O–H groups in total. The van der Waals surface area contributed by atoms with Gasteiger partial charge in [-0.2, -0.15) is 0 Å². The fourth-order valence-corrected chi connectivity index (χ4v) is 1.63. The first-order valence-corrected chi connectivity index (χ1v) is 5.94. The molecule has 96 valence electrons. The minimum atomic E-state index is 0.104. The third-order valence-corrected chi connectivity index (χ3v) is 2.43. The van der Waals surface area contributed by atoms with E-state index < -0.39 is 0 Å². The molecule has 0 atom stereocenters. The van der Waals surface area contributed by atoms with Gasteiger partial charge in [0.2, 0.25) is 0 Å². The molecule has 1 aromatic carbocycles. The Kier molecular flexibility index (Phi) is 3.72. The summed E-state index contributed by atoms with van der Waals surface area (Å²) in [6.45, 7) is 4.55. The van der Waals surface area contributed by atoms with Crippen LogP contribution in [0.2, 0.25) is 0 Å². The van der Waals surface area contributed by atoms with Gasteiger partial charge in [-0.3, -0.25) is 0 Å². The van der Waals surface area contributed by atoms with Crippen molar-refractivity contribution in [3.05, 3.63) is 36.4 Å². The average molecular weight is 246 g/mol. The number of nitrogen functional groups attached to an aromatic ring is 1. The molecule has 0 aliphatic heterocycles. The van der Waals surface area contributed by atoms with Gasteiger partial charge >= 0.3 is 0 Å². The van der Waals surface area contributed by atoms with E-state index in [0.717, 1.165) is 11.5 Å². The monoisotopic (exact) mass is 246 g/mol. The van der Waals surface area contributed by atoms with Gasteiger partial charge < -0.3 is 20.8 Å². The summed E-state index contributed by atoms with van der Waals surface area (Å²) in [6.07, 6.45) is 3.62. The number of anilines is 2. The summed E-state index contributed by atoms with van der Waals surface area (Å²) in [4.78, 5) is 7.17. The molecular weight excluding hydrogens is 228 g/mol. The number of rotatable bonds is 5. The van der Waals surface area contributed by atoms with Crippen LogP contribution in [0.15, 0.2) is 30.6 Å². The van der Waals surface area contributed by atoms with Crippen molar-refractivity contribution >= 4 is 11.4 Å². The first-order chi connectivity index (χ1) is 8.66. The Labute approximate surface area is 106 Å². The fourth-order valence-electron chi connectivity index (χ4n) is 1.63. The molecule has 5 heteroatoms. The van der Waals surface area contributed by atoms with E-state index >= 15 is 0 Å². The van der Waals surface area contributed by atoms with Gasteiger partial charge in [0, 0.05) is 12.4 Å². The van der Waals surface area contributed by atoms with Gasteiger partial charge in [-0.1, -0.05) is 6.07 Å². The molecule has 1 heterocycles. The number of nitrogens with zero attached hydrogens (tertiary/aromatic N) is 1. The number of aromatic nitrogens is 2. The average Bonchev–Trinajstić information content (AvgIpc) is 2.83. The van der Waals surface area contributed by atoms with E-state index in [9.17, 15) is 0 Å². The van der Waals surface area contributed by atoms with Crippen molar-refractivity contribution < 1.29 is 4.74 Å². The summed E-state index contributed by atoms with van der Waals surface area (Å²) in [7, 11) is 0. The second-order valence-corrected chi connectivity index (χ2v) is 4.27. The van der Waals surface area contributed by atoms with E-state index in [0.29, 0.717) is 18.0 Å². The van der Waals surface area contributed by atoms with Crippen molar-refractivity contribution in [1.29, 1.82) is 0 Å². The molecule has 0 aliphatic carbocycles. The number of nitrogens with one attached hydrogen (secondary N) is 2. The molecule has 0 radical (unpaired) electrons. The van der Waals surface area contributed by atoms with Gasteiger partial charge in [0.25, 0.3) is 0 Å². The largest absolute Gasteiger partial charge is 0.489 e. The smallest absolute Gasteiger partial charge is 0.144 e. The van der Waals surface area contributed by atoms with Crippen molar-refractivity contribution in [2.75, 3.05) is 11.1 Å². The highest BCUT2D eigenvalue weighted by molar-refractivity contribution is 5.72. The van der Waals surface area contributed by atoms with Crippen LogP contribution in [0.3, 0.4) is 0 Å². The van der Waals surface area contributed by atoms with Crippen LogP contribution in [0, 0.1) is 0 Å². The van der Waals surface area contributed by atoms with E-state index in [2.05, 4.69) is 15.3 Å². The quantitative estimate of drug-likeness (QED) is 0.708. The number of hydrogen-bond acceptors (Lipinski definition) is 4. The highest BCUT2D eigenvalue weighted by Gasteiger charge is 2.07. The SMILES string of the molecule is CC(C)Oc1cccc(NCc2ncc[nH]2)c1N. The zero-order valence-corrected chi connectivity index (χ0v) is 10.6. The van der Waals surface area contributed by atoms with Crippen LogP contribution >= 0.6 is 0 Å². The van der Waals surface area contributed by atoms with Crippen molar-refractivity contribution in [3.63, 3.8) is 0 Å². The van der Waals surface area contributed by atoms with Crippen LogP contribution in [0.25, 0.3) is 0 Å². The highest BCUT2D eigenvalue weighted by atomic mass is 16.5. The molecular formula is C13H18N4O. The van der Waals surface area contributed by atoms with Crippen LogP contribution in [-0.2, 0) is 6.54 Å². The lowest BCUT2D eigenvalue weighted by Gasteiger charge is -2.15. The maximum Gasteiger partial charge on any atom is 0.144 e. The first-order valence-electron chi connectivity index (χ1n) is 5.94. The van der Waals surface area contributed by atoms with Crippen molar-refractivity contribution in [2.24, 2.45) is 0 Å². The molecule has 0 amide bonds. The minimum absolute atomic E-state index is 0.104. The predicted molar refractivity (Wildman–Crippen MR) is 72.5 cm³/mol. The van der Waals surface area contributed by atoms with E-state index in [1.165, 1.54) is 0 Å². The number of H-pyrrole nitrogens is 1. The lowest BCUT2D eigenvalue weighted by Crippen LogP contribution is -2.09. The van der Waals surface area contributed by atoms with E-state index in [4.69, 9.17) is 10.5 Å². The maximum atomic E-state index is 6.05. The normalized spacial score (nSPS) is 10.6. The third kappa shape index (κ3) is 2.94. The zero-order valence-electron chi connectivity index (χ0n) is 10.6. The summed E-state index contributed by atoms with van der Waals surface area (Å²) in [5.41, 5.74) is 7.53. The van der Waals surface area contributed by atoms with Gasteiger partial charge in [-0.15, -0.1) is 0 Å². The Hall–Kier alpha value is -2.17. The van der Waals surface area contributed by atoms with Gasteiger partial charge in [0.05, 0.1) is 24.0 Å². The van der Waals surface area contributed by atoms with Crippen LogP contribution < -0.4 is 15.8 Å². The lowest BCUT2D eigenvalue weighted by molar-refractivity contribution is 0.244. The number of nitrogens with two attached hydrogens (primary N) is 1. The van der Waals surface area contributed by atoms with Crippen molar-refractivity contribution in [1.82, 2.24) is 9.97 Å². The molecule has 0 saturated carbocycles. The summed E-state index contributed by atoms with van der Waals surface area (Å²) in [5, 5.41) is 3.23. The van der Waals surface area contributed by atoms with E-state index in [1.807, 2.05) is 32.0 Å².